The molecule has 0 spiro atoms. The normalized spacial score (nSPS) is 28.3. The van der Waals surface area contributed by atoms with Crippen LogP contribution in [0.2, 0.25) is 0 Å². The summed E-state index contributed by atoms with van der Waals surface area (Å²) in [4.78, 5) is 19.3. The average Bonchev–Trinajstić information content (AvgIpc) is 3.57. The van der Waals surface area contributed by atoms with Crippen molar-refractivity contribution in [3.63, 3.8) is 0 Å². The number of fused-ring (bicyclic) bond motifs is 2. The van der Waals surface area contributed by atoms with E-state index in [4.69, 9.17) is 24.4 Å². The van der Waals surface area contributed by atoms with E-state index in [0.29, 0.717) is 37.1 Å². The maximum absolute atomic E-state index is 12.6. The van der Waals surface area contributed by atoms with Crippen LogP contribution in [0.1, 0.15) is 44.7 Å². The molecule has 2 aliphatic heterocycles. The summed E-state index contributed by atoms with van der Waals surface area (Å²) >= 11 is 0. The van der Waals surface area contributed by atoms with Crippen molar-refractivity contribution < 1.29 is 17.9 Å². The number of ether oxygens (including phenoxy) is 2. The monoisotopic (exact) mass is 473 g/mol. The van der Waals surface area contributed by atoms with Gasteiger partial charge in [-0.25, -0.2) is 13.4 Å². The van der Waals surface area contributed by atoms with Gasteiger partial charge in [0.25, 0.3) is 0 Å². The highest BCUT2D eigenvalue weighted by molar-refractivity contribution is 7.91. The van der Waals surface area contributed by atoms with Gasteiger partial charge in [0.1, 0.15) is 5.82 Å². The Morgan fingerprint density at radius 2 is 1.88 bits per heavy atom. The van der Waals surface area contributed by atoms with Crippen LogP contribution in [0, 0.1) is 0 Å². The third-order valence-electron chi connectivity index (χ3n) is 7.35. The maximum atomic E-state index is 12.6. The van der Waals surface area contributed by atoms with E-state index in [1.165, 1.54) is 0 Å². The smallest absolute Gasteiger partial charge is 0.229 e. The summed E-state index contributed by atoms with van der Waals surface area (Å²) in [6.07, 6.45) is 5.05. The number of morpholine rings is 2. The molecule has 10 heteroatoms. The van der Waals surface area contributed by atoms with Crippen LogP contribution in [0.5, 0.6) is 0 Å². The second-order valence-electron chi connectivity index (χ2n) is 9.75. The summed E-state index contributed by atoms with van der Waals surface area (Å²) in [6.45, 7) is 5.60. The highest BCUT2D eigenvalue weighted by Crippen LogP contribution is 2.35. The Balaban J connectivity index is 1.44. The molecule has 0 bridgehead atoms. The molecule has 2 aromatic heterocycles. The molecule has 2 aromatic rings. The van der Waals surface area contributed by atoms with Crippen LogP contribution in [-0.2, 0) is 25.1 Å². The molecule has 9 nitrogen and oxygen atoms in total. The van der Waals surface area contributed by atoms with Gasteiger partial charge in [-0.1, -0.05) is 0 Å². The molecule has 2 saturated carbocycles. The van der Waals surface area contributed by atoms with Crippen molar-refractivity contribution in [1.82, 2.24) is 15.0 Å². The minimum Gasteiger partial charge on any atom is -0.377 e. The quantitative estimate of drug-likeness (QED) is 0.646. The molecule has 2 aliphatic carbocycles. The Hall–Kier alpha value is -2.04. The van der Waals surface area contributed by atoms with Crippen molar-refractivity contribution in [3.05, 3.63) is 17.8 Å². The standard InChI is InChI=1S/C23H31N5O4S/c1-15-13-31-11-9-27(15)22-18-8-5-16(14-33(29,30)17-6-7-17)24-21(18)25-23(26-22)28-10-12-32-20-4-2-3-19(20)28/h5,8,15,17,19-20H,2-4,6-7,9-14H2,1H3/t15-,19-,20+/m0/s1. The minimum atomic E-state index is -3.15. The third kappa shape index (κ3) is 4.06. The van der Waals surface area contributed by atoms with E-state index in [0.717, 1.165) is 56.4 Å². The van der Waals surface area contributed by atoms with E-state index in [9.17, 15) is 8.42 Å². The Morgan fingerprint density at radius 3 is 2.70 bits per heavy atom. The van der Waals surface area contributed by atoms with E-state index in [-0.39, 0.29) is 29.2 Å². The molecule has 0 N–H and O–H groups in total. The van der Waals surface area contributed by atoms with Crippen molar-refractivity contribution in [3.8, 4) is 0 Å². The van der Waals surface area contributed by atoms with Crippen LogP contribution in [0.15, 0.2) is 12.1 Å². The average molecular weight is 474 g/mol. The predicted octanol–water partition coefficient (Wildman–Crippen LogP) is 2.08. The second-order valence-corrected chi connectivity index (χ2v) is 12.0. The summed E-state index contributed by atoms with van der Waals surface area (Å²) in [5.74, 6) is 1.50. The largest absolute Gasteiger partial charge is 0.377 e. The Kier molecular flexibility index (Phi) is 5.42. The molecule has 0 amide bonds. The van der Waals surface area contributed by atoms with Crippen molar-refractivity contribution >= 4 is 32.6 Å². The number of aromatic nitrogens is 3. The van der Waals surface area contributed by atoms with Crippen LogP contribution in [0.3, 0.4) is 0 Å². The van der Waals surface area contributed by atoms with Crippen molar-refractivity contribution in [1.29, 1.82) is 0 Å². The molecule has 0 aromatic carbocycles. The Labute approximate surface area is 194 Å². The zero-order valence-corrected chi connectivity index (χ0v) is 19.8. The van der Waals surface area contributed by atoms with Crippen LogP contribution < -0.4 is 9.80 Å². The lowest BCUT2D eigenvalue weighted by molar-refractivity contribution is 0.0250. The first-order chi connectivity index (χ1) is 16.0. The lowest BCUT2D eigenvalue weighted by Crippen LogP contribution is -2.49. The number of pyridine rings is 1. The van der Waals surface area contributed by atoms with Gasteiger partial charge in [-0.2, -0.15) is 9.97 Å². The summed E-state index contributed by atoms with van der Waals surface area (Å²) in [7, 11) is -3.15. The summed E-state index contributed by atoms with van der Waals surface area (Å²) in [6, 6.07) is 4.23. The molecule has 2 saturated heterocycles. The first-order valence-corrected chi connectivity index (χ1v) is 13.8. The highest BCUT2D eigenvalue weighted by Gasteiger charge is 2.38. The lowest BCUT2D eigenvalue weighted by atomic mass is 10.1. The number of rotatable bonds is 5. The number of hydrogen-bond acceptors (Lipinski definition) is 9. The second kappa shape index (κ2) is 8.32. The Morgan fingerprint density at radius 1 is 1.03 bits per heavy atom. The number of hydrogen-bond donors (Lipinski definition) is 0. The maximum Gasteiger partial charge on any atom is 0.229 e. The third-order valence-corrected chi connectivity index (χ3v) is 9.53. The van der Waals surface area contributed by atoms with Gasteiger partial charge in [0.05, 0.1) is 60.1 Å². The van der Waals surface area contributed by atoms with Gasteiger partial charge in [0, 0.05) is 13.1 Å². The molecule has 178 valence electrons. The van der Waals surface area contributed by atoms with E-state index in [1.807, 2.05) is 12.1 Å². The van der Waals surface area contributed by atoms with Gasteiger partial charge < -0.3 is 19.3 Å². The number of nitrogens with zero attached hydrogens (tertiary/aromatic N) is 5. The molecule has 4 aliphatic rings. The molecule has 6 rings (SSSR count). The molecule has 0 radical (unpaired) electrons. The van der Waals surface area contributed by atoms with Gasteiger partial charge in [-0.15, -0.1) is 0 Å². The van der Waals surface area contributed by atoms with Crippen LogP contribution in [-0.4, -0.2) is 79.7 Å². The number of anilines is 2. The van der Waals surface area contributed by atoms with E-state index >= 15 is 0 Å². The first-order valence-electron chi connectivity index (χ1n) is 12.1. The van der Waals surface area contributed by atoms with Crippen LogP contribution in [0.4, 0.5) is 11.8 Å². The van der Waals surface area contributed by atoms with E-state index < -0.39 is 9.84 Å². The van der Waals surface area contributed by atoms with Crippen molar-refractivity contribution in [2.75, 3.05) is 42.7 Å². The molecule has 3 atom stereocenters. The zero-order valence-electron chi connectivity index (χ0n) is 19.0. The molecule has 4 fully saturated rings. The molecule has 0 unspecified atom stereocenters. The van der Waals surface area contributed by atoms with Crippen molar-refractivity contribution in [2.45, 2.75) is 68.2 Å². The molecule has 4 heterocycles. The minimum absolute atomic E-state index is 0.0293. The van der Waals surface area contributed by atoms with Gasteiger partial charge in [0.2, 0.25) is 5.95 Å². The summed E-state index contributed by atoms with van der Waals surface area (Å²) < 4.78 is 36.8. The summed E-state index contributed by atoms with van der Waals surface area (Å²) in [5, 5.41) is 0.657. The predicted molar refractivity (Wildman–Crippen MR) is 125 cm³/mol. The van der Waals surface area contributed by atoms with E-state index in [2.05, 4.69) is 16.7 Å². The van der Waals surface area contributed by atoms with Gasteiger partial charge in [-0.05, 0) is 51.2 Å². The van der Waals surface area contributed by atoms with Crippen LogP contribution in [0.25, 0.3) is 11.0 Å². The molecule has 33 heavy (non-hydrogen) atoms. The molecular formula is C23H31N5O4S. The fourth-order valence-electron chi connectivity index (χ4n) is 5.42. The van der Waals surface area contributed by atoms with Gasteiger partial charge in [0.15, 0.2) is 15.5 Å². The van der Waals surface area contributed by atoms with Crippen molar-refractivity contribution in [2.24, 2.45) is 0 Å². The SMILES string of the molecule is C[C@H]1COCCN1c1nc(N2CCO[C@@H]3CCC[C@@H]32)nc2nc(CS(=O)(=O)C3CC3)ccc12. The highest BCUT2D eigenvalue weighted by atomic mass is 32.2. The zero-order chi connectivity index (χ0) is 22.6. The Bertz CT molecular complexity index is 1150. The topological polar surface area (TPSA) is 97.8 Å². The number of sulfone groups is 1. The van der Waals surface area contributed by atoms with Gasteiger partial charge in [-0.3, -0.25) is 0 Å². The van der Waals surface area contributed by atoms with Gasteiger partial charge >= 0.3 is 0 Å². The fourth-order valence-corrected chi connectivity index (χ4v) is 7.08. The van der Waals surface area contributed by atoms with Crippen LogP contribution >= 0.6 is 0 Å². The van der Waals surface area contributed by atoms with E-state index in [1.54, 1.807) is 0 Å². The molecular weight excluding hydrogens is 442 g/mol. The first kappa shape index (κ1) is 21.5. The summed E-state index contributed by atoms with van der Waals surface area (Å²) in [5.41, 5.74) is 1.12. The lowest BCUT2D eigenvalue weighted by Gasteiger charge is -2.39. The fraction of sp³-hybridized carbons (Fsp3) is 0.696.